The summed E-state index contributed by atoms with van der Waals surface area (Å²) in [5.41, 5.74) is 0.514. The molecular weight excluding hydrogens is 330 g/mol. The number of para-hydroxylation sites is 1. The van der Waals surface area contributed by atoms with Crippen molar-refractivity contribution in [2.45, 2.75) is 6.61 Å². The van der Waals surface area contributed by atoms with Crippen LogP contribution in [0.2, 0.25) is 0 Å². The Morgan fingerprint density at radius 3 is 2.40 bits per heavy atom. The molecule has 7 heteroatoms. The lowest BCUT2D eigenvalue weighted by atomic mass is 10.3. The second kappa shape index (κ2) is 9.58. The third-order valence-electron chi connectivity index (χ3n) is 3.26. The summed E-state index contributed by atoms with van der Waals surface area (Å²) in [5, 5.41) is 2.70. The SMILES string of the molecule is CN(CCOc1ccccc1)CC(=O)Nc1ccc(OC(F)F)cc1. The lowest BCUT2D eigenvalue weighted by Gasteiger charge is -2.16. The van der Waals surface area contributed by atoms with Gasteiger partial charge in [0.15, 0.2) is 0 Å². The van der Waals surface area contributed by atoms with Gasteiger partial charge in [0.25, 0.3) is 0 Å². The van der Waals surface area contributed by atoms with Gasteiger partial charge in [-0.25, -0.2) is 0 Å². The summed E-state index contributed by atoms with van der Waals surface area (Å²) < 4.78 is 34.0. The number of ether oxygens (including phenoxy) is 2. The van der Waals surface area contributed by atoms with E-state index in [4.69, 9.17) is 4.74 Å². The van der Waals surface area contributed by atoms with Crippen molar-refractivity contribution in [3.05, 3.63) is 54.6 Å². The van der Waals surface area contributed by atoms with Crippen LogP contribution in [0.3, 0.4) is 0 Å². The highest BCUT2D eigenvalue weighted by molar-refractivity contribution is 5.92. The molecule has 0 fully saturated rings. The Hall–Kier alpha value is -2.67. The predicted molar refractivity (Wildman–Crippen MR) is 91.1 cm³/mol. The van der Waals surface area contributed by atoms with Crippen LogP contribution in [-0.2, 0) is 4.79 Å². The van der Waals surface area contributed by atoms with Crippen LogP contribution in [0.4, 0.5) is 14.5 Å². The first-order valence-electron chi connectivity index (χ1n) is 7.74. The zero-order valence-electron chi connectivity index (χ0n) is 13.8. The maximum atomic E-state index is 12.1. The molecule has 0 radical (unpaired) electrons. The highest BCUT2D eigenvalue weighted by Gasteiger charge is 2.08. The fourth-order valence-corrected chi connectivity index (χ4v) is 2.08. The Bertz CT molecular complexity index is 651. The molecule has 25 heavy (non-hydrogen) atoms. The molecule has 0 aliphatic heterocycles. The van der Waals surface area contributed by atoms with Crippen LogP contribution in [0.15, 0.2) is 54.6 Å². The minimum atomic E-state index is -2.87. The number of anilines is 1. The fraction of sp³-hybridized carbons (Fsp3) is 0.278. The molecular formula is C18H20F2N2O3. The largest absolute Gasteiger partial charge is 0.492 e. The van der Waals surface area contributed by atoms with Crippen molar-refractivity contribution >= 4 is 11.6 Å². The number of halogens is 2. The van der Waals surface area contributed by atoms with Crippen molar-refractivity contribution in [1.82, 2.24) is 4.90 Å². The van der Waals surface area contributed by atoms with Gasteiger partial charge in [-0.2, -0.15) is 8.78 Å². The summed E-state index contributed by atoms with van der Waals surface area (Å²) in [6, 6.07) is 15.2. The molecule has 5 nitrogen and oxygen atoms in total. The van der Waals surface area contributed by atoms with Gasteiger partial charge in [0, 0.05) is 12.2 Å². The predicted octanol–water partition coefficient (Wildman–Crippen LogP) is 3.24. The molecule has 1 N–H and O–H groups in total. The zero-order chi connectivity index (χ0) is 18.1. The van der Waals surface area contributed by atoms with Crippen LogP contribution in [0.5, 0.6) is 11.5 Å². The summed E-state index contributed by atoms with van der Waals surface area (Å²) >= 11 is 0. The van der Waals surface area contributed by atoms with E-state index in [1.165, 1.54) is 24.3 Å². The van der Waals surface area contributed by atoms with Gasteiger partial charge >= 0.3 is 6.61 Å². The smallest absolute Gasteiger partial charge is 0.387 e. The molecule has 2 aromatic rings. The minimum absolute atomic E-state index is 0.0446. The number of nitrogens with zero attached hydrogens (tertiary/aromatic N) is 1. The van der Waals surface area contributed by atoms with Crippen LogP contribution in [0.25, 0.3) is 0 Å². The molecule has 0 aromatic heterocycles. The maximum absolute atomic E-state index is 12.1. The first-order valence-corrected chi connectivity index (χ1v) is 7.74. The monoisotopic (exact) mass is 350 g/mol. The van der Waals surface area contributed by atoms with E-state index in [0.29, 0.717) is 18.8 Å². The maximum Gasteiger partial charge on any atom is 0.387 e. The average Bonchev–Trinajstić information content (AvgIpc) is 2.57. The van der Waals surface area contributed by atoms with Gasteiger partial charge in [0.05, 0.1) is 6.54 Å². The van der Waals surface area contributed by atoms with Crippen molar-refractivity contribution in [3.63, 3.8) is 0 Å². The molecule has 0 spiro atoms. The van der Waals surface area contributed by atoms with Crippen molar-refractivity contribution in [2.75, 3.05) is 32.1 Å². The molecule has 0 bridgehead atoms. The van der Waals surface area contributed by atoms with Crippen LogP contribution in [0.1, 0.15) is 0 Å². The molecule has 0 saturated heterocycles. The van der Waals surface area contributed by atoms with E-state index in [1.54, 1.807) is 0 Å². The number of rotatable bonds is 9. The van der Waals surface area contributed by atoms with E-state index < -0.39 is 6.61 Å². The normalized spacial score (nSPS) is 10.8. The van der Waals surface area contributed by atoms with E-state index in [9.17, 15) is 13.6 Å². The van der Waals surface area contributed by atoms with Crippen molar-refractivity contribution in [1.29, 1.82) is 0 Å². The Labute approximate surface area is 145 Å². The summed E-state index contributed by atoms with van der Waals surface area (Å²) in [5.74, 6) is 0.624. The number of hydrogen-bond acceptors (Lipinski definition) is 4. The first kappa shape index (κ1) is 18.7. The Morgan fingerprint density at radius 1 is 1.08 bits per heavy atom. The molecule has 2 rings (SSSR count). The zero-order valence-corrected chi connectivity index (χ0v) is 13.8. The van der Waals surface area contributed by atoms with Crippen molar-refractivity contribution in [3.8, 4) is 11.5 Å². The van der Waals surface area contributed by atoms with E-state index in [1.807, 2.05) is 42.3 Å². The topological polar surface area (TPSA) is 50.8 Å². The van der Waals surface area contributed by atoms with Gasteiger partial charge in [0.2, 0.25) is 5.91 Å². The average molecular weight is 350 g/mol. The van der Waals surface area contributed by atoms with E-state index in [-0.39, 0.29) is 18.2 Å². The summed E-state index contributed by atoms with van der Waals surface area (Å²) in [4.78, 5) is 13.8. The molecule has 0 aliphatic rings. The molecule has 0 heterocycles. The van der Waals surface area contributed by atoms with Gasteiger partial charge in [-0.15, -0.1) is 0 Å². The molecule has 2 aromatic carbocycles. The van der Waals surface area contributed by atoms with Crippen LogP contribution in [0, 0.1) is 0 Å². The molecule has 1 amide bonds. The molecule has 0 saturated carbocycles. The van der Waals surface area contributed by atoms with E-state index >= 15 is 0 Å². The number of hydrogen-bond donors (Lipinski definition) is 1. The first-order chi connectivity index (χ1) is 12.0. The van der Waals surface area contributed by atoms with Crippen LogP contribution >= 0.6 is 0 Å². The third-order valence-corrected chi connectivity index (χ3v) is 3.26. The number of nitrogens with one attached hydrogen (secondary N) is 1. The van der Waals surface area contributed by atoms with Crippen molar-refractivity contribution < 1.29 is 23.0 Å². The van der Waals surface area contributed by atoms with E-state index in [2.05, 4.69) is 10.1 Å². The second-order valence-corrected chi connectivity index (χ2v) is 5.35. The second-order valence-electron chi connectivity index (χ2n) is 5.35. The molecule has 0 unspecified atom stereocenters. The lowest BCUT2D eigenvalue weighted by molar-refractivity contribution is -0.117. The Kier molecular flexibility index (Phi) is 7.16. The summed E-state index contributed by atoms with van der Waals surface area (Å²) in [6.07, 6.45) is 0. The number of likely N-dealkylation sites (N-methyl/N-ethyl adjacent to an activating group) is 1. The fourth-order valence-electron chi connectivity index (χ4n) is 2.08. The standard InChI is InChI=1S/C18H20F2N2O3/c1-22(11-12-24-15-5-3-2-4-6-15)13-17(23)21-14-7-9-16(10-8-14)25-18(19)20/h2-10,18H,11-13H2,1H3,(H,21,23). The van der Waals surface area contributed by atoms with E-state index in [0.717, 1.165) is 5.75 Å². The van der Waals surface area contributed by atoms with Crippen LogP contribution in [-0.4, -0.2) is 44.2 Å². The number of carbonyl (C=O) groups is 1. The molecule has 0 aliphatic carbocycles. The number of carbonyl (C=O) groups excluding carboxylic acids is 1. The molecule has 134 valence electrons. The Morgan fingerprint density at radius 2 is 1.76 bits per heavy atom. The lowest BCUT2D eigenvalue weighted by Crippen LogP contribution is -2.33. The van der Waals surface area contributed by atoms with Gasteiger partial charge in [-0.3, -0.25) is 9.69 Å². The van der Waals surface area contributed by atoms with Crippen LogP contribution < -0.4 is 14.8 Å². The highest BCUT2D eigenvalue weighted by Crippen LogP contribution is 2.17. The number of alkyl halides is 2. The third kappa shape index (κ3) is 7.17. The quantitative estimate of drug-likeness (QED) is 0.754. The number of benzene rings is 2. The van der Waals surface area contributed by atoms with Gasteiger partial charge < -0.3 is 14.8 Å². The van der Waals surface area contributed by atoms with Gasteiger partial charge in [-0.1, -0.05) is 18.2 Å². The van der Waals surface area contributed by atoms with Gasteiger partial charge in [-0.05, 0) is 43.4 Å². The number of amides is 1. The molecule has 0 atom stereocenters. The summed E-state index contributed by atoms with van der Waals surface area (Å²) in [6.45, 7) is -1.63. The minimum Gasteiger partial charge on any atom is -0.492 e. The van der Waals surface area contributed by atoms with Crippen molar-refractivity contribution in [2.24, 2.45) is 0 Å². The van der Waals surface area contributed by atoms with Gasteiger partial charge in [0.1, 0.15) is 18.1 Å². The Balaban J connectivity index is 1.70. The highest BCUT2D eigenvalue weighted by atomic mass is 19.3. The summed E-state index contributed by atoms with van der Waals surface area (Å²) in [7, 11) is 1.81.